The van der Waals surface area contributed by atoms with E-state index in [1.54, 1.807) is 0 Å². The van der Waals surface area contributed by atoms with Crippen molar-refractivity contribution in [1.82, 2.24) is 10.2 Å². The van der Waals surface area contributed by atoms with Crippen molar-refractivity contribution in [2.24, 2.45) is 0 Å². The smallest absolute Gasteiger partial charge is 0.102 e. The van der Waals surface area contributed by atoms with Crippen LogP contribution >= 0.6 is 11.6 Å². The van der Waals surface area contributed by atoms with E-state index in [1.807, 2.05) is 24.3 Å². The van der Waals surface area contributed by atoms with Gasteiger partial charge in [0.15, 0.2) is 0 Å². The largest absolute Gasteiger partial charge is 0.281 e. The van der Waals surface area contributed by atoms with Crippen LogP contribution in [0.5, 0.6) is 0 Å². The zero-order valence-electron chi connectivity index (χ0n) is 9.63. The van der Waals surface area contributed by atoms with Crippen LogP contribution in [0.3, 0.4) is 0 Å². The Kier molecular flexibility index (Phi) is 2.76. The highest BCUT2D eigenvalue weighted by molar-refractivity contribution is 6.33. The number of aromatic nitrogens is 2. The van der Waals surface area contributed by atoms with Crippen molar-refractivity contribution in [3.63, 3.8) is 0 Å². The number of nitrogens with one attached hydrogen (secondary N) is 1. The van der Waals surface area contributed by atoms with Crippen LogP contribution in [0, 0.1) is 6.07 Å². The van der Waals surface area contributed by atoms with E-state index in [2.05, 4.69) is 37.0 Å². The van der Waals surface area contributed by atoms with Gasteiger partial charge in [-0.2, -0.15) is 5.10 Å². The molecule has 0 aliphatic heterocycles. The van der Waals surface area contributed by atoms with Gasteiger partial charge in [0.2, 0.25) is 0 Å². The lowest BCUT2D eigenvalue weighted by Gasteiger charge is -2.14. The minimum Gasteiger partial charge on any atom is -0.281 e. The number of H-pyrrole nitrogens is 1. The molecule has 1 aromatic heterocycles. The first-order valence-electron chi connectivity index (χ1n) is 5.21. The molecule has 1 aromatic carbocycles. The molecule has 0 aliphatic carbocycles. The van der Waals surface area contributed by atoms with Crippen molar-refractivity contribution >= 4 is 11.6 Å². The summed E-state index contributed by atoms with van der Waals surface area (Å²) in [4.78, 5) is 0. The zero-order chi connectivity index (χ0) is 11.8. The fraction of sp³-hybridized carbons (Fsp3) is 0.308. The Balaban J connectivity index is 2.44. The predicted molar refractivity (Wildman–Crippen MR) is 66.6 cm³/mol. The SMILES string of the molecule is CC(C)(C)c1[c]c(-c2ccccc2Cl)n[nH]1. The number of benzene rings is 1. The van der Waals surface area contributed by atoms with Gasteiger partial charge in [-0.15, -0.1) is 0 Å². The van der Waals surface area contributed by atoms with E-state index in [0.29, 0.717) is 5.02 Å². The molecule has 0 atom stereocenters. The molecule has 0 saturated carbocycles. The van der Waals surface area contributed by atoms with Gasteiger partial charge in [0.05, 0.1) is 5.02 Å². The number of hydrogen-bond donors (Lipinski definition) is 1. The summed E-state index contributed by atoms with van der Waals surface area (Å²) >= 11 is 6.11. The molecule has 2 nitrogen and oxygen atoms in total. The van der Waals surface area contributed by atoms with Crippen LogP contribution in [0.1, 0.15) is 26.5 Å². The van der Waals surface area contributed by atoms with Crippen LogP contribution in [0.25, 0.3) is 11.3 Å². The summed E-state index contributed by atoms with van der Waals surface area (Å²) in [6.45, 7) is 6.36. The molecule has 16 heavy (non-hydrogen) atoms. The Hall–Kier alpha value is -1.28. The normalized spacial score (nSPS) is 11.8. The Morgan fingerprint density at radius 1 is 1.25 bits per heavy atom. The molecule has 0 amide bonds. The van der Waals surface area contributed by atoms with Gasteiger partial charge < -0.3 is 0 Å². The molecule has 1 N–H and O–H groups in total. The minimum absolute atomic E-state index is 0.0203. The molecule has 3 heteroatoms. The van der Waals surface area contributed by atoms with Crippen LogP contribution in [-0.4, -0.2) is 10.2 Å². The topological polar surface area (TPSA) is 28.7 Å². The summed E-state index contributed by atoms with van der Waals surface area (Å²) in [5.74, 6) is 0. The molecule has 0 fully saturated rings. The van der Waals surface area contributed by atoms with E-state index in [4.69, 9.17) is 11.6 Å². The van der Waals surface area contributed by atoms with Gasteiger partial charge >= 0.3 is 0 Å². The van der Waals surface area contributed by atoms with E-state index in [1.165, 1.54) is 0 Å². The molecule has 1 radical (unpaired) electrons. The molecule has 2 rings (SSSR count). The average Bonchev–Trinajstić information content (AvgIpc) is 2.66. The van der Waals surface area contributed by atoms with Gasteiger partial charge in [-0.1, -0.05) is 50.6 Å². The highest BCUT2D eigenvalue weighted by atomic mass is 35.5. The highest BCUT2D eigenvalue weighted by Crippen LogP contribution is 2.28. The second kappa shape index (κ2) is 3.95. The molecule has 83 valence electrons. The van der Waals surface area contributed by atoms with Crippen molar-refractivity contribution in [3.8, 4) is 11.3 Å². The van der Waals surface area contributed by atoms with Crippen LogP contribution < -0.4 is 0 Å². The highest BCUT2D eigenvalue weighted by Gasteiger charge is 2.18. The fourth-order valence-corrected chi connectivity index (χ4v) is 1.65. The minimum atomic E-state index is 0.0203. The molecule has 0 spiro atoms. The molecule has 0 saturated heterocycles. The second-order valence-corrected chi connectivity index (χ2v) is 5.21. The maximum Gasteiger partial charge on any atom is 0.102 e. The second-order valence-electron chi connectivity index (χ2n) is 4.80. The number of nitrogens with zero attached hydrogens (tertiary/aromatic N) is 1. The van der Waals surface area contributed by atoms with E-state index in [9.17, 15) is 0 Å². The lowest BCUT2D eigenvalue weighted by atomic mass is 9.92. The average molecular weight is 234 g/mol. The first-order chi connectivity index (χ1) is 7.48. The van der Waals surface area contributed by atoms with Gasteiger partial charge in [0.1, 0.15) is 5.69 Å². The lowest BCUT2D eigenvalue weighted by molar-refractivity contribution is 0.566. The Labute approximate surface area is 101 Å². The Morgan fingerprint density at radius 2 is 1.94 bits per heavy atom. The summed E-state index contributed by atoms with van der Waals surface area (Å²) in [5.41, 5.74) is 2.70. The monoisotopic (exact) mass is 233 g/mol. The fourth-order valence-electron chi connectivity index (χ4n) is 1.42. The van der Waals surface area contributed by atoms with E-state index in [0.717, 1.165) is 17.0 Å². The molecule has 0 unspecified atom stereocenters. The van der Waals surface area contributed by atoms with Crippen LogP contribution in [-0.2, 0) is 5.41 Å². The molecule has 0 bridgehead atoms. The van der Waals surface area contributed by atoms with Crippen molar-refractivity contribution in [1.29, 1.82) is 0 Å². The summed E-state index contributed by atoms with van der Waals surface area (Å²) < 4.78 is 0. The summed E-state index contributed by atoms with van der Waals surface area (Å²) in [5, 5.41) is 7.96. The predicted octanol–water partition coefficient (Wildman–Crippen LogP) is 3.83. The van der Waals surface area contributed by atoms with Crippen LogP contribution in [0.2, 0.25) is 5.02 Å². The molecule has 2 aromatic rings. The Morgan fingerprint density at radius 3 is 2.50 bits per heavy atom. The van der Waals surface area contributed by atoms with Crippen LogP contribution in [0.4, 0.5) is 0 Å². The third-order valence-electron chi connectivity index (χ3n) is 2.40. The van der Waals surface area contributed by atoms with E-state index >= 15 is 0 Å². The van der Waals surface area contributed by atoms with Gasteiger partial charge in [0, 0.05) is 22.7 Å². The van der Waals surface area contributed by atoms with Gasteiger partial charge in [0.25, 0.3) is 0 Å². The van der Waals surface area contributed by atoms with Gasteiger partial charge in [-0.25, -0.2) is 0 Å². The van der Waals surface area contributed by atoms with Crippen molar-refractivity contribution in [2.45, 2.75) is 26.2 Å². The number of hydrogen-bond acceptors (Lipinski definition) is 1. The maximum atomic E-state index is 6.11. The van der Waals surface area contributed by atoms with Gasteiger partial charge in [-0.05, 0) is 6.07 Å². The van der Waals surface area contributed by atoms with Gasteiger partial charge in [-0.3, -0.25) is 5.10 Å². The first kappa shape index (κ1) is 11.2. The molecule has 0 aliphatic rings. The number of aromatic amines is 1. The van der Waals surface area contributed by atoms with E-state index in [-0.39, 0.29) is 5.41 Å². The molecule has 1 heterocycles. The number of rotatable bonds is 1. The van der Waals surface area contributed by atoms with Crippen molar-refractivity contribution in [2.75, 3.05) is 0 Å². The standard InChI is InChI=1S/C13H14ClN2/c1-13(2,3)12-8-11(15-16-12)9-6-4-5-7-10(9)14/h4-7H,1-3H3,(H,15,16). The van der Waals surface area contributed by atoms with E-state index < -0.39 is 0 Å². The summed E-state index contributed by atoms with van der Waals surface area (Å²) in [7, 11) is 0. The molecular weight excluding hydrogens is 220 g/mol. The lowest BCUT2D eigenvalue weighted by Crippen LogP contribution is -2.11. The van der Waals surface area contributed by atoms with Crippen molar-refractivity contribution < 1.29 is 0 Å². The zero-order valence-corrected chi connectivity index (χ0v) is 10.4. The summed E-state index contributed by atoms with van der Waals surface area (Å²) in [6.07, 6.45) is 0. The maximum absolute atomic E-state index is 6.11. The Bertz CT molecular complexity index is 495. The first-order valence-corrected chi connectivity index (χ1v) is 5.59. The number of halogens is 1. The van der Waals surface area contributed by atoms with Crippen LogP contribution in [0.15, 0.2) is 24.3 Å². The van der Waals surface area contributed by atoms with Crippen molar-refractivity contribution in [3.05, 3.63) is 41.0 Å². The third-order valence-corrected chi connectivity index (χ3v) is 2.73. The summed E-state index contributed by atoms with van der Waals surface area (Å²) in [6, 6.07) is 10.9. The molecular formula is C13H14ClN2. The third kappa shape index (κ3) is 2.12. The quantitative estimate of drug-likeness (QED) is 0.797.